The van der Waals surface area contributed by atoms with Crippen LogP contribution in [0.25, 0.3) is 0 Å². The Kier molecular flexibility index (Phi) is 5.22. The summed E-state index contributed by atoms with van der Waals surface area (Å²) < 4.78 is 5.36. The Bertz CT molecular complexity index is 288. The molecule has 1 rings (SSSR count). The largest absolute Gasteiger partial charge is 0.380 e. The SMILES string of the molecule is CCOCC(C)NC(C)c1nc(C)cs1. The third-order valence-corrected chi connectivity index (χ3v) is 3.26. The van der Waals surface area contributed by atoms with Gasteiger partial charge in [0.25, 0.3) is 0 Å². The van der Waals surface area contributed by atoms with E-state index >= 15 is 0 Å². The molecule has 2 unspecified atom stereocenters. The number of hydrogen-bond acceptors (Lipinski definition) is 4. The molecule has 86 valence electrons. The van der Waals surface area contributed by atoms with Gasteiger partial charge in [-0.2, -0.15) is 0 Å². The molecule has 0 aliphatic heterocycles. The van der Waals surface area contributed by atoms with Crippen LogP contribution in [0.2, 0.25) is 0 Å². The molecule has 0 spiro atoms. The Hall–Kier alpha value is -0.450. The van der Waals surface area contributed by atoms with Crippen LogP contribution in [-0.4, -0.2) is 24.2 Å². The first-order chi connectivity index (χ1) is 7.13. The summed E-state index contributed by atoms with van der Waals surface area (Å²) in [7, 11) is 0. The molecule has 0 saturated heterocycles. The van der Waals surface area contributed by atoms with E-state index in [1.165, 1.54) is 0 Å². The Labute approximate surface area is 95.9 Å². The summed E-state index contributed by atoms with van der Waals surface area (Å²) in [5, 5.41) is 6.70. The van der Waals surface area contributed by atoms with E-state index in [-0.39, 0.29) is 0 Å². The molecule has 0 saturated carbocycles. The monoisotopic (exact) mass is 228 g/mol. The van der Waals surface area contributed by atoms with E-state index in [1.807, 2.05) is 13.8 Å². The highest BCUT2D eigenvalue weighted by molar-refractivity contribution is 7.09. The van der Waals surface area contributed by atoms with Crippen molar-refractivity contribution in [3.05, 3.63) is 16.1 Å². The van der Waals surface area contributed by atoms with Crippen molar-refractivity contribution in [3.63, 3.8) is 0 Å². The van der Waals surface area contributed by atoms with Crippen molar-refractivity contribution < 1.29 is 4.74 Å². The van der Waals surface area contributed by atoms with Crippen LogP contribution < -0.4 is 5.32 Å². The summed E-state index contributed by atoms with van der Waals surface area (Å²) in [5.74, 6) is 0. The lowest BCUT2D eigenvalue weighted by molar-refractivity contribution is 0.124. The van der Waals surface area contributed by atoms with E-state index in [0.717, 1.165) is 23.9 Å². The average Bonchev–Trinajstić information content (AvgIpc) is 2.61. The zero-order valence-electron chi connectivity index (χ0n) is 9.91. The second kappa shape index (κ2) is 6.20. The van der Waals surface area contributed by atoms with Crippen molar-refractivity contribution in [2.45, 2.75) is 39.8 Å². The number of aromatic nitrogens is 1. The zero-order valence-corrected chi connectivity index (χ0v) is 10.7. The zero-order chi connectivity index (χ0) is 11.3. The molecule has 0 aromatic carbocycles. The lowest BCUT2D eigenvalue weighted by Crippen LogP contribution is -2.32. The number of hydrogen-bond donors (Lipinski definition) is 1. The Morgan fingerprint density at radius 3 is 2.80 bits per heavy atom. The first-order valence-electron chi connectivity index (χ1n) is 5.39. The molecule has 0 radical (unpaired) electrons. The van der Waals surface area contributed by atoms with E-state index in [9.17, 15) is 0 Å². The van der Waals surface area contributed by atoms with Gasteiger partial charge < -0.3 is 10.1 Å². The maximum atomic E-state index is 5.36. The number of nitrogens with zero attached hydrogens (tertiary/aromatic N) is 1. The molecule has 0 amide bonds. The van der Waals surface area contributed by atoms with Gasteiger partial charge in [-0.1, -0.05) is 0 Å². The van der Waals surface area contributed by atoms with Gasteiger partial charge in [-0.05, 0) is 27.7 Å². The number of rotatable bonds is 6. The van der Waals surface area contributed by atoms with Gasteiger partial charge >= 0.3 is 0 Å². The number of aryl methyl sites for hydroxylation is 1. The normalized spacial score (nSPS) is 15.2. The maximum absolute atomic E-state index is 5.36. The second-order valence-electron chi connectivity index (χ2n) is 3.78. The van der Waals surface area contributed by atoms with Gasteiger partial charge in [-0.3, -0.25) is 0 Å². The van der Waals surface area contributed by atoms with Crippen LogP contribution in [0, 0.1) is 6.92 Å². The summed E-state index contributed by atoms with van der Waals surface area (Å²) in [6.45, 7) is 9.84. The summed E-state index contributed by atoms with van der Waals surface area (Å²) in [6.07, 6.45) is 0. The Balaban J connectivity index is 2.38. The topological polar surface area (TPSA) is 34.1 Å². The first kappa shape index (κ1) is 12.6. The van der Waals surface area contributed by atoms with Crippen LogP contribution in [0.5, 0.6) is 0 Å². The van der Waals surface area contributed by atoms with E-state index in [2.05, 4.69) is 29.5 Å². The van der Waals surface area contributed by atoms with Gasteiger partial charge in [0, 0.05) is 23.7 Å². The molecule has 1 N–H and O–H groups in total. The van der Waals surface area contributed by atoms with Gasteiger partial charge in [0.1, 0.15) is 5.01 Å². The molecule has 0 aliphatic rings. The van der Waals surface area contributed by atoms with E-state index in [1.54, 1.807) is 11.3 Å². The molecule has 15 heavy (non-hydrogen) atoms. The quantitative estimate of drug-likeness (QED) is 0.812. The minimum atomic E-state index is 0.305. The first-order valence-corrected chi connectivity index (χ1v) is 6.27. The van der Waals surface area contributed by atoms with Crippen molar-refractivity contribution in [2.24, 2.45) is 0 Å². The maximum Gasteiger partial charge on any atom is 0.110 e. The summed E-state index contributed by atoms with van der Waals surface area (Å²) >= 11 is 1.71. The molecule has 0 bridgehead atoms. The fourth-order valence-electron chi connectivity index (χ4n) is 1.41. The smallest absolute Gasteiger partial charge is 0.110 e. The van der Waals surface area contributed by atoms with Gasteiger partial charge in [-0.15, -0.1) is 11.3 Å². The van der Waals surface area contributed by atoms with Crippen LogP contribution in [0.15, 0.2) is 5.38 Å². The van der Waals surface area contributed by atoms with Crippen LogP contribution in [0.1, 0.15) is 37.5 Å². The highest BCUT2D eigenvalue weighted by Gasteiger charge is 2.12. The minimum absolute atomic E-state index is 0.305. The van der Waals surface area contributed by atoms with Crippen molar-refractivity contribution >= 4 is 11.3 Å². The van der Waals surface area contributed by atoms with Gasteiger partial charge in [0.2, 0.25) is 0 Å². The third-order valence-electron chi connectivity index (χ3n) is 2.11. The van der Waals surface area contributed by atoms with Crippen LogP contribution in [0.3, 0.4) is 0 Å². The van der Waals surface area contributed by atoms with Crippen molar-refractivity contribution in [3.8, 4) is 0 Å². The predicted molar refractivity (Wildman–Crippen MR) is 64.4 cm³/mol. The number of thiazole rings is 1. The highest BCUT2D eigenvalue weighted by atomic mass is 32.1. The molecule has 0 aliphatic carbocycles. The Morgan fingerprint density at radius 1 is 1.53 bits per heavy atom. The van der Waals surface area contributed by atoms with Crippen LogP contribution in [-0.2, 0) is 4.74 Å². The number of ether oxygens (including phenoxy) is 1. The van der Waals surface area contributed by atoms with Crippen LogP contribution in [0.4, 0.5) is 0 Å². The van der Waals surface area contributed by atoms with Crippen molar-refractivity contribution in [2.75, 3.05) is 13.2 Å². The molecule has 2 atom stereocenters. The van der Waals surface area contributed by atoms with Gasteiger partial charge in [0.05, 0.1) is 12.6 Å². The third kappa shape index (κ3) is 4.28. The molecule has 0 fully saturated rings. The lowest BCUT2D eigenvalue weighted by atomic mass is 10.3. The molecule has 1 heterocycles. The van der Waals surface area contributed by atoms with Crippen molar-refractivity contribution in [1.29, 1.82) is 0 Å². The Morgan fingerprint density at radius 2 is 2.27 bits per heavy atom. The summed E-state index contributed by atoms with van der Waals surface area (Å²) in [5.41, 5.74) is 1.10. The summed E-state index contributed by atoms with van der Waals surface area (Å²) in [6, 6.07) is 0.670. The van der Waals surface area contributed by atoms with E-state index in [4.69, 9.17) is 4.74 Å². The highest BCUT2D eigenvalue weighted by Crippen LogP contribution is 2.17. The predicted octanol–water partition coefficient (Wildman–Crippen LogP) is 2.53. The van der Waals surface area contributed by atoms with E-state index in [0.29, 0.717) is 12.1 Å². The average molecular weight is 228 g/mol. The molecule has 3 nitrogen and oxygen atoms in total. The molecular weight excluding hydrogens is 208 g/mol. The van der Waals surface area contributed by atoms with Crippen molar-refractivity contribution in [1.82, 2.24) is 10.3 Å². The molecular formula is C11H20N2OS. The van der Waals surface area contributed by atoms with E-state index < -0.39 is 0 Å². The molecule has 4 heteroatoms. The molecule has 1 aromatic heterocycles. The molecule has 1 aromatic rings. The number of nitrogens with one attached hydrogen (secondary N) is 1. The van der Waals surface area contributed by atoms with Crippen LogP contribution >= 0.6 is 11.3 Å². The van der Waals surface area contributed by atoms with Gasteiger partial charge in [0.15, 0.2) is 0 Å². The second-order valence-corrected chi connectivity index (χ2v) is 4.67. The standard InChI is InChI=1S/C11H20N2OS/c1-5-14-6-8(2)12-10(4)11-13-9(3)7-15-11/h7-8,10,12H,5-6H2,1-4H3. The fraction of sp³-hybridized carbons (Fsp3) is 0.727. The fourth-order valence-corrected chi connectivity index (χ4v) is 2.22. The van der Waals surface area contributed by atoms with Gasteiger partial charge in [-0.25, -0.2) is 4.98 Å². The summed E-state index contributed by atoms with van der Waals surface area (Å²) in [4.78, 5) is 4.46. The lowest BCUT2D eigenvalue weighted by Gasteiger charge is -2.18. The minimum Gasteiger partial charge on any atom is -0.380 e.